The SMILES string of the molecule is COc1ccc(Br)c(Nc2ccc(C(=O)O)cn2)c1. The Balaban J connectivity index is 2.23. The van der Waals surface area contributed by atoms with Crippen LogP contribution in [0.3, 0.4) is 0 Å². The van der Waals surface area contributed by atoms with Crippen LogP contribution in [-0.2, 0) is 0 Å². The van der Waals surface area contributed by atoms with Gasteiger partial charge >= 0.3 is 5.97 Å². The van der Waals surface area contributed by atoms with Crippen molar-refractivity contribution in [3.63, 3.8) is 0 Å². The number of benzene rings is 1. The number of carbonyl (C=O) groups is 1. The highest BCUT2D eigenvalue weighted by Crippen LogP contribution is 2.29. The number of nitrogens with one attached hydrogen (secondary N) is 1. The number of aromatic nitrogens is 1. The zero-order chi connectivity index (χ0) is 13.8. The van der Waals surface area contributed by atoms with Crippen molar-refractivity contribution in [2.45, 2.75) is 0 Å². The first kappa shape index (κ1) is 13.4. The second-order valence-corrected chi connectivity index (χ2v) is 4.56. The first-order valence-corrected chi connectivity index (χ1v) is 6.19. The molecule has 0 amide bonds. The number of aromatic carboxylic acids is 1. The molecule has 2 N–H and O–H groups in total. The molecule has 0 aliphatic carbocycles. The smallest absolute Gasteiger partial charge is 0.337 e. The Morgan fingerprint density at radius 3 is 2.74 bits per heavy atom. The van der Waals surface area contributed by atoms with Gasteiger partial charge in [0.05, 0.1) is 18.4 Å². The third-order valence-electron chi connectivity index (χ3n) is 2.45. The molecule has 5 nitrogen and oxygen atoms in total. The number of hydrogen-bond acceptors (Lipinski definition) is 4. The predicted octanol–water partition coefficient (Wildman–Crippen LogP) is 3.29. The van der Waals surface area contributed by atoms with Gasteiger partial charge in [0.1, 0.15) is 11.6 Å². The molecular weight excluding hydrogens is 312 g/mol. The third-order valence-corrected chi connectivity index (χ3v) is 3.14. The van der Waals surface area contributed by atoms with Crippen LogP contribution >= 0.6 is 15.9 Å². The van der Waals surface area contributed by atoms with E-state index >= 15 is 0 Å². The van der Waals surface area contributed by atoms with Crippen LogP contribution in [0.1, 0.15) is 10.4 Å². The zero-order valence-electron chi connectivity index (χ0n) is 10.1. The molecule has 98 valence electrons. The lowest BCUT2D eigenvalue weighted by Gasteiger charge is -2.09. The van der Waals surface area contributed by atoms with E-state index in [1.54, 1.807) is 13.2 Å². The minimum atomic E-state index is -0.999. The fourth-order valence-electron chi connectivity index (χ4n) is 1.46. The molecule has 1 aromatic carbocycles. The minimum Gasteiger partial charge on any atom is -0.497 e. The summed E-state index contributed by atoms with van der Waals surface area (Å²) in [4.78, 5) is 14.8. The van der Waals surface area contributed by atoms with Crippen LogP contribution in [0.2, 0.25) is 0 Å². The lowest BCUT2D eigenvalue weighted by atomic mass is 10.2. The van der Waals surface area contributed by atoms with Crippen LogP contribution in [0.15, 0.2) is 41.0 Å². The molecule has 2 aromatic rings. The van der Waals surface area contributed by atoms with E-state index in [0.29, 0.717) is 11.6 Å². The Labute approximate surface area is 118 Å². The quantitative estimate of drug-likeness (QED) is 0.903. The largest absolute Gasteiger partial charge is 0.497 e. The van der Waals surface area contributed by atoms with E-state index in [1.165, 1.54) is 12.3 Å². The van der Waals surface area contributed by atoms with Crippen LogP contribution in [0, 0.1) is 0 Å². The molecular formula is C13H11BrN2O3. The average Bonchev–Trinajstić information content (AvgIpc) is 2.42. The van der Waals surface area contributed by atoms with Gasteiger partial charge in [-0.15, -0.1) is 0 Å². The number of ether oxygens (including phenoxy) is 1. The molecule has 0 spiro atoms. The molecule has 0 atom stereocenters. The molecule has 1 heterocycles. The summed E-state index contributed by atoms with van der Waals surface area (Å²) in [6.45, 7) is 0. The van der Waals surface area contributed by atoms with E-state index in [-0.39, 0.29) is 5.56 Å². The van der Waals surface area contributed by atoms with E-state index < -0.39 is 5.97 Å². The molecule has 0 aliphatic rings. The molecule has 6 heteroatoms. The molecule has 1 aromatic heterocycles. The van der Waals surface area contributed by atoms with Gasteiger partial charge < -0.3 is 15.2 Å². The number of methoxy groups -OCH3 is 1. The Hall–Kier alpha value is -2.08. The highest BCUT2D eigenvalue weighted by molar-refractivity contribution is 9.10. The Kier molecular flexibility index (Phi) is 4.01. The molecule has 19 heavy (non-hydrogen) atoms. The fraction of sp³-hybridized carbons (Fsp3) is 0.0769. The van der Waals surface area contributed by atoms with Crippen molar-refractivity contribution in [2.24, 2.45) is 0 Å². The second kappa shape index (κ2) is 5.71. The minimum absolute atomic E-state index is 0.148. The van der Waals surface area contributed by atoms with Crippen LogP contribution in [0.4, 0.5) is 11.5 Å². The van der Waals surface area contributed by atoms with Gasteiger partial charge in [-0.1, -0.05) is 0 Å². The van der Waals surface area contributed by atoms with Crippen molar-refractivity contribution in [3.8, 4) is 5.75 Å². The molecule has 0 unspecified atom stereocenters. The summed E-state index contributed by atoms with van der Waals surface area (Å²) in [6.07, 6.45) is 1.30. The number of nitrogens with zero attached hydrogens (tertiary/aromatic N) is 1. The van der Waals surface area contributed by atoms with Gasteiger partial charge in [-0.25, -0.2) is 9.78 Å². The summed E-state index contributed by atoms with van der Waals surface area (Å²) < 4.78 is 6.00. The summed E-state index contributed by atoms with van der Waals surface area (Å²) in [5, 5.41) is 11.9. The molecule has 0 aliphatic heterocycles. The number of hydrogen-bond donors (Lipinski definition) is 2. The number of rotatable bonds is 4. The third kappa shape index (κ3) is 3.23. The van der Waals surface area contributed by atoms with Gasteiger partial charge in [-0.3, -0.25) is 0 Å². The Morgan fingerprint density at radius 1 is 1.37 bits per heavy atom. The Bertz CT molecular complexity index is 599. The highest BCUT2D eigenvalue weighted by atomic mass is 79.9. The molecule has 2 rings (SSSR count). The van der Waals surface area contributed by atoms with Gasteiger partial charge in [0.25, 0.3) is 0 Å². The normalized spacial score (nSPS) is 10.0. The van der Waals surface area contributed by atoms with Crippen LogP contribution in [0.25, 0.3) is 0 Å². The Morgan fingerprint density at radius 2 is 2.16 bits per heavy atom. The first-order valence-electron chi connectivity index (χ1n) is 5.40. The van der Waals surface area contributed by atoms with Crippen molar-refractivity contribution >= 4 is 33.4 Å². The van der Waals surface area contributed by atoms with Gasteiger partial charge in [-0.2, -0.15) is 0 Å². The fourth-order valence-corrected chi connectivity index (χ4v) is 1.81. The van der Waals surface area contributed by atoms with E-state index in [2.05, 4.69) is 26.2 Å². The standard InChI is InChI=1S/C13H11BrN2O3/c1-19-9-3-4-10(14)11(6-9)16-12-5-2-8(7-15-12)13(17)18/h2-7H,1H3,(H,15,16)(H,17,18). The first-order chi connectivity index (χ1) is 9.10. The summed E-state index contributed by atoms with van der Waals surface area (Å²) in [6, 6.07) is 8.60. The molecule has 0 fully saturated rings. The maximum atomic E-state index is 10.7. The topological polar surface area (TPSA) is 71.5 Å². The zero-order valence-corrected chi connectivity index (χ0v) is 11.6. The maximum Gasteiger partial charge on any atom is 0.337 e. The van der Waals surface area contributed by atoms with Gasteiger partial charge in [0, 0.05) is 16.7 Å². The second-order valence-electron chi connectivity index (χ2n) is 3.71. The number of halogens is 1. The summed E-state index contributed by atoms with van der Waals surface area (Å²) in [5.74, 6) is 0.272. The average molecular weight is 323 g/mol. The number of anilines is 2. The van der Waals surface area contributed by atoms with E-state index in [1.807, 2.05) is 18.2 Å². The number of carboxylic acid groups (broad SMARTS) is 1. The lowest BCUT2D eigenvalue weighted by Crippen LogP contribution is -1.99. The van der Waals surface area contributed by atoms with Crippen molar-refractivity contribution in [1.29, 1.82) is 0 Å². The van der Waals surface area contributed by atoms with Gasteiger partial charge in [0.2, 0.25) is 0 Å². The van der Waals surface area contributed by atoms with E-state index in [9.17, 15) is 4.79 Å². The number of carboxylic acids is 1. The van der Waals surface area contributed by atoms with Crippen molar-refractivity contribution in [3.05, 3.63) is 46.6 Å². The van der Waals surface area contributed by atoms with Crippen LogP contribution < -0.4 is 10.1 Å². The van der Waals surface area contributed by atoms with Crippen LogP contribution in [0.5, 0.6) is 5.75 Å². The van der Waals surface area contributed by atoms with E-state index in [4.69, 9.17) is 9.84 Å². The highest BCUT2D eigenvalue weighted by Gasteiger charge is 2.05. The molecule has 0 bridgehead atoms. The molecule has 0 radical (unpaired) electrons. The van der Waals surface area contributed by atoms with E-state index in [0.717, 1.165) is 10.2 Å². The van der Waals surface area contributed by atoms with Crippen molar-refractivity contribution in [2.75, 3.05) is 12.4 Å². The monoisotopic (exact) mass is 322 g/mol. The summed E-state index contributed by atoms with van der Waals surface area (Å²) in [5.41, 5.74) is 0.935. The predicted molar refractivity (Wildman–Crippen MR) is 75.2 cm³/mol. The molecule has 0 saturated carbocycles. The molecule has 0 saturated heterocycles. The van der Waals surface area contributed by atoms with Crippen LogP contribution in [-0.4, -0.2) is 23.2 Å². The summed E-state index contributed by atoms with van der Waals surface area (Å²) in [7, 11) is 1.59. The summed E-state index contributed by atoms with van der Waals surface area (Å²) >= 11 is 3.41. The van der Waals surface area contributed by atoms with Gasteiger partial charge in [0.15, 0.2) is 0 Å². The maximum absolute atomic E-state index is 10.7. The van der Waals surface area contributed by atoms with Gasteiger partial charge in [-0.05, 0) is 40.2 Å². The number of pyridine rings is 1. The van der Waals surface area contributed by atoms with Crippen molar-refractivity contribution in [1.82, 2.24) is 4.98 Å². The lowest BCUT2D eigenvalue weighted by molar-refractivity contribution is 0.0696. The van der Waals surface area contributed by atoms with Crippen molar-refractivity contribution < 1.29 is 14.6 Å².